The first-order valence-electron chi connectivity index (χ1n) is 9.79. The molecule has 0 spiro atoms. The van der Waals surface area contributed by atoms with Gasteiger partial charge in [0, 0.05) is 12.1 Å². The van der Waals surface area contributed by atoms with Gasteiger partial charge < -0.3 is 15.0 Å². The molecule has 1 saturated heterocycles. The van der Waals surface area contributed by atoms with E-state index in [0.717, 1.165) is 11.1 Å². The topological polar surface area (TPSA) is 58.6 Å². The molecule has 1 aliphatic rings. The zero-order valence-electron chi connectivity index (χ0n) is 16.7. The molecule has 0 saturated carbocycles. The van der Waals surface area contributed by atoms with Crippen LogP contribution in [0.25, 0.3) is 0 Å². The highest BCUT2D eigenvalue weighted by atomic mass is 16.5. The molecule has 148 valence electrons. The monoisotopic (exact) mass is 380 g/mol. The average molecular weight is 380 g/mol. The van der Waals surface area contributed by atoms with E-state index in [1.165, 1.54) is 0 Å². The molecule has 2 unspecified atom stereocenters. The van der Waals surface area contributed by atoms with Gasteiger partial charge >= 0.3 is 0 Å². The molecule has 1 fully saturated rings. The van der Waals surface area contributed by atoms with Crippen LogP contribution in [0.3, 0.4) is 0 Å². The van der Waals surface area contributed by atoms with Crippen LogP contribution in [-0.4, -0.2) is 42.5 Å². The van der Waals surface area contributed by atoms with Crippen molar-refractivity contribution in [3.05, 3.63) is 71.3 Å². The van der Waals surface area contributed by atoms with E-state index in [2.05, 4.69) is 5.32 Å². The third-order valence-corrected chi connectivity index (χ3v) is 5.16. The molecule has 3 rings (SSSR count). The Kier molecular flexibility index (Phi) is 6.47. The molecule has 5 heteroatoms. The minimum Gasteiger partial charge on any atom is -0.370 e. The molecule has 0 bridgehead atoms. The number of carbonyl (C=O) groups is 2. The molecule has 2 atom stereocenters. The summed E-state index contributed by atoms with van der Waals surface area (Å²) < 4.78 is 5.87. The molecule has 0 radical (unpaired) electrons. The maximum Gasteiger partial charge on any atom is 0.252 e. The highest BCUT2D eigenvalue weighted by Crippen LogP contribution is 2.23. The maximum absolute atomic E-state index is 13.2. The summed E-state index contributed by atoms with van der Waals surface area (Å²) in [5.41, 5.74) is 2.56. The number of nitrogens with one attached hydrogen (secondary N) is 1. The van der Waals surface area contributed by atoms with Crippen LogP contribution in [0.5, 0.6) is 0 Å². The van der Waals surface area contributed by atoms with Gasteiger partial charge in [-0.25, -0.2) is 0 Å². The summed E-state index contributed by atoms with van der Waals surface area (Å²) in [6, 6.07) is 16.8. The largest absolute Gasteiger partial charge is 0.370 e. The number of hydrogen-bond donors (Lipinski definition) is 1. The van der Waals surface area contributed by atoms with E-state index in [1.807, 2.05) is 74.2 Å². The van der Waals surface area contributed by atoms with E-state index in [-0.39, 0.29) is 23.8 Å². The molecule has 5 nitrogen and oxygen atoms in total. The van der Waals surface area contributed by atoms with Crippen LogP contribution in [0.4, 0.5) is 0 Å². The van der Waals surface area contributed by atoms with Crippen molar-refractivity contribution in [2.45, 2.75) is 32.9 Å². The van der Waals surface area contributed by atoms with Crippen molar-refractivity contribution < 1.29 is 14.3 Å². The van der Waals surface area contributed by atoms with E-state index in [4.69, 9.17) is 4.74 Å². The Balaban J connectivity index is 1.72. The lowest BCUT2D eigenvalue weighted by molar-refractivity contribution is -0.142. The lowest BCUT2D eigenvalue weighted by Gasteiger charge is -2.36. The van der Waals surface area contributed by atoms with Crippen molar-refractivity contribution in [3.63, 3.8) is 0 Å². The van der Waals surface area contributed by atoms with Crippen LogP contribution >= 0.6 is 0 Å². The molecule has 28 heavy (non-hydrogen) atoms. The number of morpholine rings is 1. The summed E-state index contributed by atoms with van der Waals surface area (Å²) in [5.74, 6) is -0.280. The molecule has 1 heterocycles. The Hall–Kier alpha value is -2.66. The van der Waals surface area contributed by atoms with E-state index >= 15 is 0 Å². The predicted octanol–water partition coefficient (Wildman–Crippen LogP) is 3.35. The van der Waals surface area contributed by atoms with Gasteiger partial charge in [0.15, 0.2) is 0 Å². The van der Waals surface area contributed by atoms with Crippen LogP contribution in [0.1, 0.15) is 41.4 Å². The second-order valence-electron chi connectivity index (χ2n) is 7.56. The van der Waals surface area contributed by atoms with Crippen molar-refractivity contribution in [1.82, 2.24) is 10.2 Å². The first-order chi connectivity index (χ1) is 13.5. The van der Waals surface area contributed by atoms with E-state index in [1.54, 1.807) is 6.07 Å². The normalized spacial score (nSPS) is 18.0. The predicted molar refractivity (Wildman–Crippen MR) is 109 cm³/mol. The average Bonchev–Trinajstić information content (AvgIpc) is 2.72. The molecule has 0 aromatic heterocycles. The third kappa shape index (κ3) is 4.60. The molecular formula is C23H28N2O3. The number of rotatable bonds is 5. The first kappa shape index (κ1) is 20.1. The van der Waals surface area contributed by atoms with E-state index < -0.39 is 6.04 Å². The Bertz CT molecular complexity index is 820. The summed E-state index contributed by atoms with van der Waals surface area (Å²) in [5, 5.41) is 2.95. The smallest absolute Gasteiger partial charge is 0.252 e. The van der Waals surface area contributed by atoms with Gasteiger partial charge in [0.1, 0.15) is 12.1 Å². The van der Waals surface area contributed by atoms with Gasteiger partial charge in [-0.15, -0.1) is 0 Å². The van der Waals surface area contributed by atoms with Gasteiger partial charge in [-0.3, -0.25) is 9.59 Å². The maximum atomic E-state index is 13.2. The summed E-state index contributed by atoms with van der Waals surface area (Å²) >= 11 is 0. The standard InChI is InChI=1S/C23H28N2O3/c1-16(2)21(24-22(26)19-12-8-7-9-17(19)3)23(27)25-13-14-28-20(15-25)18-10-5-4-6-11-18/h4-12,16,20-21H,13-15H2,1-3H3,(H,24,26). The second kappa shape index (κ2) is 9.02. The fourth-order valence-corrected chi connectivity index (χ4v) is 3.48. The van der Waals surface area contributed by atoms with Crippen molar-refractivity contribution in [2.24, 2.45) is 5.92 Å². The van der Waals surface area contributed by atoms with Crippen molar-refractivity contribution in [3.8, 4) is 0 Å². The van der Waals surface area contributed by atoms with Crippen LogP contribution in [-0.2, 0) is 9.53 Å². The van der Waals surface area contributed by atoms with Gasteiger partial charge in [0.2, 0.25) is 5.91 Å². The Labute approximate surface area is 166 Å². The molecule has 0 aliphatic carbocycles. The zero-order chi connectivity index (χ0) is 20.1. The van der Waals surface area contributed by atoms with Crippen molar-refractivity contribution in [1.29, 1.82) is 0 Å². The lowest BCUT2D eigenvalue weighted by Crippen LogP contribution is -2.54. The summed E-state index contributed by atoms with van der Waals surface area (Å²) in [6.07, 6.45) is -0.140. The highest BCUT2D eigenvalue weighted by Gasteiger charge is 2.32. The number of carbonyl (C=O) groups excluding carboxylic acids is 2. The van der Waals surface area contributed by atoms with Gasteiger partial charge in [-0.2, -0.15) is 0 Å². The number of ether oxygens (including phenoxy) is 1. The van der Waals surface area contributed by atoms with E-state index in [9.17, 15) is 9.59 Å². The van der Waals surface area contributed by atoms with E-state index in [0.29, 0.717) is 25.3 Å². The van der Waals surface area contributed by atoms with Crippen molar-refractivity contribution >= 4 is 11.8 Å². The number of benzene rings is 2. The zero-order valence-corrected chi connectivity index (χ0v) is 16.7. The van der Waals surface area contributed by atoms with Crippen LogP contribution < -0.4 is 5.32 Å². The summed E-state index contributed by atoms with van der Waals surface area (Å²) in [4.78, 5) is 27.8. The number of aryl methyl sites for hydroxylation is 1. The van der Waals surface area contributed by atoms with Crippen LogP contribution in [0, 0.1) is 12.8 Å². The van der Waals surface area contributed by atoms with Gasteiger partial charge in [-0.05, 0) is 30.0 Å². The van der Waals surface area contributed by atoms with Gasteiger partial charge in [0.05, 0.1) is 13.2 Å². The van der Waals surface area contributed by atoms with Gasteiger partial charge in [-0.1, -0.05) is 62.4 Å². The SMILES string of the molecule is Cc1ccccc1C(=O)NC(C(=O)N1CCOC(c2ccccc2)C1)C(C)C. The lowest BCUT2D eigenvalue weighted by atomic mass is 10.00. The number of nitrogens with zero attached hydrogens (tertiary/aromatic N) is 1. The minimum absolute atomic E-state index is 0.0153. The number of hydrogen-bond acceptors (Lipinski definition) is 3. The minimum atomic E-state index is -0.568. The van der Waals surface area contributed by atoms with Crippen LogP contribution in [0.2, 0.25) is 0 Å². The fourth-order valence-electron chi connectivity index (χ4n) is 3.48. The molecule has 2 aromatic carbocycles. The summed E-state index contributed by atoms with van der Waals surface area (Å²) in [7, 11) is 0. The highest BCUT2D eigenvalue weighted by molar-refractivity contribution is 5.98. The molecule has 1 N–H and O–H groups in total. The molecule has 2 amide bonds. The summed E-state index contributed by atoms with van der Waals surface area (Å²) in [6.45, 7) is 7.32. The fraction of sp³-hybridized carbons (Fsp3) is 0.391. The molecule has 1 aliphatic heterocycles. The Morgan fingerprint density at radius 3 is 2.43 bits per heavy atom. The van der Waals surface area contributed by atoms with Crippen molar-refractivity contribution in [2.75, 3.05) is 19.7 Å². The second-order valence-corrected chi connectivity index (χ2v) is 7.56. The molecular weight excluding hydrogens is 352 g/mol. The molecule has 2 aromatic rings. The third-order valence-electron chi connectivity index (χ3n) is 5.16. The number of amides is 2. The van der Waals surface area contributed by atoms with Gasteiger partial charge in [0.25, 0.3) is 5.91 Å². The Morgan fingerprint density at radius 2 is 1.75 bits per heavy atom. The van der Waals surface area contributed by atoms with Crippen LogP contribution in [0.15, 0.2) is 54.6 Å². The Morgan fingerprint density at radius 1 is 1.07 bits per heavy atom. The first-order valence-corrected chi connectivity index (χ1v) is 9.79. The quantitative estimate of drug-likeness (QED) is 0.865.